The van der Waals surface area contributed by atoms with Crippen molar-refractivity contribution in [2.75, 3.05) is 25.3 Å². The Hall–Kier alpha value is -4.11. The molecule has 5 aromatic rings. The maximum atomic E-state index is 12.7. The average Bonchev–Trinajstić information content (AvgIpc) is 3.31. The number of ether oxygens (including phenoxy) is 2. The Morgan fingerprint density at radius 2 is 1.71 bits per heavy atom. The number of anilines is 1. The first-order valence-electron chi connectivity index (χ1n) is 10.5. The molecule has 5 rings (SSSR count). The van der Waals surface area contributed by atoms with E-state index in [0.717, 1.165) is 22.0 Å². The smallest absolute Gasteiger partial charge is 0.234 e. The lowest BCUT2D eigenvalue weighted by Crippen LogP contribution is -2.15. The Balaban J connectivity index is 1.43. The van der Waals surface area contributed by atoms with E-state index in [9.17, 15) is 4.79 Å². The van der Waals surface area contributed by atoms with E-state index < -0.39 is 0 Å². The van der Waals surface area contributed by atoms with Crippen LogP contribution in [0.15, 0.2) is 78.0 Å². The Morgan fingerprint density at radius 3 is 2.47 bits per heavy atom. The first kappa shape index (κ1) is 21.7. The summed E-state index contributed by atoms with van der Waals surface area (Å²) >= 11 is 1.27. The molecular formula is C25H21N5O3S. The summed E-state index contributed by atoms with van der Waals surface area (Å²) in [7, 11) is 3.12. The standard InChI is InChI=1S/C25H21N5O3S/c1-32-17-12-13-20(21(14-17)33-2)26-22(31)15-34-25-28-27-24-19-11-7-6-10-18(19)23(29-30(24)25)16-8-4-3-5-9-16/h3-14H,15H2,1-2H3,(H,26,31). The minimum Gasteiger partial charge on any atom is -0.497 e. The number of amides is 1. The highest BCUT2D eigenvalue weighted by atomic mass is 32.2. The van der Waals surface area contributed by atoms with E-state index in [0.29, 0.717) is 28.0 Å². The number of rotatable bonds is 7. The lowest BCUT2D eigenvalue weighted by atomic mass is 10.1. The molecule has 0 fully saturated rings. The zero-order valence-corrected chi connectivity index (χ0v) is 19.4. The Labute approximate surface area is 199 Å². The molecule has 1 amide bonds. The number of nitrogens with one attached hydrogen (secondary N) is 1. The predicted octanol–water partition coefficient (Wildman–Crippen LogP) is 4.69. The minimum atomic E-state index is -0.200. The molecule has 0 unspecified atom stereocenters. The molecule has 34 heavy (non-hydrogen) atoms. The fourth-order valence-corrected chi connectivity index (χ4v) is 4.36. The lowest BCUT2D eigenvalue weighted by molar-refractivity contribution is -0.113. The number of nitrogens with zero attached hydrogens (tertiary/aromatic N) is 4. The van der Waals surface area contributed by atoms with E-state index in [-0.39, 0.29) is 11.7 Å². The number of methoxy groups -OCH3 is 2. The summed E-state index contributed by atoms with van der Waals surface area (Å²) < 4.78 is 12.3. The third kappa shape index (κ3) is 4.13. The highest BCUT2D eigenvalue weighted by Crippen LogP contribution is 2.31. The minimum absolute atomic E-state index is 0.130. The molecular weight excluding hydrogens is 450 g/mol. The van der Waals surface area contributed by atoms with Crippen LogP contribution in [0.2, 0.25) is 0 Å². The Bertz CT molecular complexity index is 1490. The Morgan fingerprint density at radius 1 is 0.941 bits per heavy atom. The molecule has 0 bridgehead atoms. The summed E-state index contributed by atoms with van der Waals surface area (Å²) in [6, 6.07) is 23.2. The summed E-state index contributed by atoms with van der Waals surface area (Å²) in [4.78, 5) is 12.7. The molecule has 0 saturated heterocycles. The van der Waals surface area contributed by atoms with Crippen LogP contribution >= 0.6 is 11.8 Å². The number of thioether (sulfide) groups is 1. The second kappa shape index (κ2) is 9.40. The van der Waals surface area contributed by atoms with E-state index >= 15 is 0 Å². The van der Waals surface area contributed by atoms with Crippen LogP contribution < -0.4 is 14.8 Å². The Kier molecular flexibility index (Phi) is 6.01. The molecule has 2 heterocycles. The molecule has 0 atom stereocenters. The number of aromatic nitrogens is 4. The summed E-state index contributed by atoms with van der Waals surface area (Å²) in [5.74, 6) is 1.10. The van der Waals surface area contributed by atoms with E-state index in [2.05, 4.69) is 15.5 Å². The van der Waals surface area contributed by atoms with Crippen LogP contribution in [-0.4, -0.2) is 45.7 Å². The highest BCUT2D eigenvalue weighted by Gasteiger charge is 2.17. The quantitative estimate of drug-likeness (QED) is 0.344. The maximum Gasteiger partial charge on any atom is 0.234 e. The molecule has 2 aromatic heterocycles. The van der Waals surface area contributed by atoms with Gasteiger partial charge in [-0.05, 0) is 12.1 Å². The molecule has 0 radical (unpaired) electrons. The monoisotopic (exact) mass is 471 g/mol. The van der Waals surface area contributed by atoms with Gasteiger partial charge in [0.1, 0.15) is 11.5 Å². The van der Waals surface area contributed by atoms with Gasteiger partial charge in [-0.25, -0.2) is 0 Å². The molecule has 0 aliphatic rings. The normalized spacial score (nSPS) is 11.0. The first-order chi connectivity index (χ1) is 16.7. The van der Waals surface area contributed by atoms with Gasteiger partial charge in [-0.1, -0.05) is 66.4 Å². The van der Waals surface area contributed by atoms with Crippen LogP contribution in [0, 0.1) is 0 Å². The number of carbonyl (C=O) groups is 1. The number of carbonyl (C=O) groups excluding carboxylic acids is 1. The van der Waals surface area contributed by atoms with Crippen molar-refractivity contribution in [3.8, 4) is 22.8 Å². The van der Waals surface area contributed by atoms with Crippen LogP contribution in [0.1, 0.15) is 0 Å². The van der Waals surface area contributed by atoms with Crippen molar-refractivity contribution in [1.29, 1.82) is 0 Å². The van der Waals surface area contributed by atoms with Crippen LogP contribution in [0.4, 0.5) is 5.69 Å². The van der Waals surface area contributed by atoms with E-state index in [1.165, 1.54) is 11.8 Å². The summed E-state index contributed by atoms with van der Waals surface area (Å²) in [6.45, 7) is 0. The molecule has 0 spiro atoms. The zero-order valence-electron chi connectivity index (χ0n) is 18.6. The van der Waals surface area contributed by atoms with Crippen LogP contribution in [-0.2, 0) is 4.79 Å². The molecule has 170 valence electrons. The van der Waals surface area contributed by atoms with E-state index in [4.69, 9.17) is 14.6 Å². The summed E-state index contributed by atoms with van der Waals surface area (Å²) in [5, 5.41) is 18.9. The molecule has 8 nitrogen and oxygen atoms in total. The van der Waals surface area contributed by atoms with Crippen LogP contribution in [0.25, 0.3) is 27.7 Å². The predicted molar refractivity (Wildman–Crippen MR) is 133 cm³/mol. The molecule has 0 aliphatic carbocycles. The van der Waals surface area contributed by atoms with E-state index in [1.807, 2.05) is 54.6 Å². The van der Waals surface area contributed by atoms with Crippen molar-refractivity contribution >= 4 is 39.8 Å². The highest BCUT2D eigenvalue weighted by molar-refractivity contribution is 7.99. The summed E-state index contributed by atoms with van der Waals surface area (Å²) in [6.07, 6.45) is 0. The average molecular weight is 472 g/mol. The van der Waals surface area contributed by atoms with Gasteiger partial charge >= 0.3 is 0 Å². The van der Waals surface area contributed by atoms with Gasteiger partial charge < -0.3 is 14.8 Å². The van der Waals surface area contributed by atoms with Gasteiger partial charge in [-0.2, -0.15) is 9.61 Å². The SMILES string of the molecule is COc1ccc(NC(=O)CSc2nnc3c4ccccc4c(-c4ccccc4)nn23)c(OC)c1. The zero-order chi connectivity index (χ0) is 23.5. The van der Waals surface area contributed by atoms with Gasteiger partial charge in [0.15, 0.2) is 5.65 Å². The number of hydrogen-bond donors (Lipinski definition) is 1. The van der Waals surface area contributed by atoms with Crippen LogP contribution in [0.3, 0.4) is 0 Å². The van der Waals surface area contributed by atoms with E-state index in [1.54, 1.807) is 36.9 Å². The van der Waals surface area contributed by atoms with Gasteiger partial charge in [0.2, 0.25) is 11.1 Å². The van der Waals surface area contributed by atoms with Crippen molar-refractivity contribution in [3.63, 3.8) is 0 Å². The van der Waals surface area contributed by atoms with Crippen molar-refractivity contribution < 1.29 is 14.3 Å². The molecule has 1 N–H and O–H groups in total. The molecule has 9 heteroatoms. The number of fused-ring (bicyclic) bond motifs is 3. The lowest BCUT2D eigenvalue weighted by Gasteiger charge is -2.11. The number of hydrogen-bond acceptors (Lipinski definition) is 7. The third-order valence-corrected chi connectivity index (χ3v) is 6.22. The molecule has 3 aromatic carbocycles. The van der Waals surface area contributed by atoms with Gasteiger partial charge in [0.25, 0.3) is 0 Å². The second-order valence-corrected chi connectivity index (χ2v) is 8.32. The van der Waals surface area contributed by atoms with Gasteiger partial charge in [-0.15, -0.1) is 10.2 Å². The van der Waals surface area contributed by atoms with Crippen molar-refractivity contribution in [2.24, 2.45) is 0 Å². The fourth-order valence-electron chi connectivity index (χ4n) is 3.68. The second-order valence-electron chi connectivity index (χ2n) is 7.38. The van der Waals surface area contributed by atoms with Crippen molar-refractivity contribution in [3.05, 3.63) is 72.8 Å². The van der Waals surface area contributed by atoms with Gasteiger partial charge in [0.05, 0.1) is 31.4 Å². The topological polar surface area (TPSA) is 90.6 Å². The van der Waals surface area contributed by atoms with Gasteiger partial charge in [0, 0.05) is 22.4 Å². The van der Waals surface area contributed by atoms with Crippen molar-refractivity contribution in [2.45, 2.75) is 5.16 Å². The summed E-state index contributed by atoms with van der Waals surface area (Å²) in [5.41, 5.74) is 3.04. The van der Waals surface area contributed by atoms with Gasteiger partial charge in [-0.3, -0.25) is 4.79 Å². The number of benzene rings is 3. The maximum absolute atomic E-state index is 12.7. The fraction of sp³-hybridized carbons (Fsp3) is 0.120. The van der Waals surface area contributed by atoms with Crippen molar-refractivity contribution in [1.82, 2.24) is 19.8 Å². The first-order valence-corrected chi connectivity index (χ1v) is 11.5. The third-order valence-electron chi connectivity index (χ3n) is 5.30. The molecule has 0 saturated carbocycles. The largest absolute Gasteiger partial charge is 0.497 e. The molecule has 0 aliphatic heterocycles. The van der Waals surface area contributed by atoms with Crippen LogP contribution in [0.5, 0.6) is 11.5 Å².